The summed E-state index contributed by atoms with van der Waals surface area (Å²) in [5.74, 6) is 0.628. The number of hydrogen-bond acceptors (Lipinski definition) is 6. The molecule has 0 saturated heterocycles. The molecular weight excluding hydrogens is 517 g/mol. The number of aromatic nitrogens is 3. The monoisotopic (exact) mass is 532 g/mol. The molecule has 0 fully saturated rings. The first-order valence-corrected chi connectivity index (χ1v) is 10.7. The SMILES string of the molecule is O=C(COc1ccc(-c2nc(Cc3cncc(Br)c3)no2)cc1)Nc1cccc(C(F)(F)F)c1. The third kappa shape index (κ3) is 6.19. The largest absolute Gasteiger partial charge is 0.484 e. The summed E-state index contributed by atoms with van der Waals surface area (Å²) in [6.07, 6.45) is -0.633. The predicted molar refractivity (Wildman–Crippen MR) is 120 cm³/mol. The number of benzene rings is 2. The summed E-state index contributed by atoms with van der Waals surface area (Å²) in [5.41, 5.74) is 0.768. The van der Waals surface area contributed by atoms with Crippen LogP contribution in [0.4, 0.5) is 18.9 Å². The molecule has 2 heterocycles. The fourth-order valence-electron chi connectivity index (χ4n) is 2.99. The van der Waals surface area contributed by atoms with E-state index in [1.165, 1.54) is 12.1 Å². The van der Waals surface area contributed by atoms with Gasteiger partial charge in [-0.2, -0.15) is 18.2 Å². The van der Waals surface area contributed by atoms with E-state index in [0.717, 1.165) is 22.2 Å². The summed E-state index contributed by atoms with van der Waals surface area (Å²) in [7, 11) is 0. The van der Waals surface area contributed by atoms with Gasteiger partial charge in [-0.1, -0.05) is 11.2 Å². The molecule has 0 bridgehead atoms. The highest BCUT2D eigenvalue weighted by Gasteiger charge is 2.30. The van der Waals surface area contributed by atoms with Gasteiger partial charge in [0.2, 0.25) is 0 Å². The van der Waals surface area contributed by atoms with Crippen molar-refractivity contribution in [3.63, 3.8) is 0 Å². The normalized spacial score (nSPS) is 11.3. The van der Waals surface area contributed by atoms with Crippen LogP contribution in [0.3, 0.4) is 0 Å². The summed E-state index contributed by atoms with van der Waals surface area (Å²) in [6, 6.07) is 12.9. The van der Waals surface area contributed by atoms with Crippen molar-refractivity contribution in [1.82, 2.24) is 15.1 Å². The Kier molecular flexibility index (Phi) is 6.92. The number of carbonyl (C=O) groups excluding carboxylic acids is 1. The third-order valence-corrected chi connectivity index (χ3v) is 4.97. The molecule has 174 valence electrons. The highest BCUT2D eigenvalue weighted by molar-refractivity contribution is 9.10. The van der Waals surface area contributed by atoms with Crippen molar-refractivity contribution in [2.24, 2.45) is 0 Å². The number of ether oxygens (including phenoxy) is 1. The average molecular weight is 533 g/mol. The molecule has 4 rings (SSSR count). The van der Waals surface area contributed by atoms with E-state index in [0.29, 0.717) is 29.4 Å². The van der Waals surface area contributed by atoms with Gasteiger partial charge in [-0.3, -0.25) is 9.78 Å². The van der Waals surface area contributed by atoms with Crippen LogP contribution < -0.4 is 10.1 Å². The molecule has 0 atom stereocenters. The van der Waals surface area contributed by atoms with Crippen molar-refractivity contribution in [3.05, 3.63) is 88.4 Å². The number of halogens is 4. The molecule has 0 aliphatic rings. The molecule has 2 aromatic heterocycles. The van der Waals surface area contributed by atoms with E-state index in [1.807, 2.05) is 6.07 Å². The predicted octanol–water partition coefficient (Wildman–Crippen LogP) is 5.52. The molecule has 11 heteroatoms. The Morgan fingerprint density at radius 1 is 1.09 bits per heavy atom. The number of rotatable bonds is 7. The summed E-state index contributed by atoms with van der Waals surface area (Å²) in [4.78, 5) is 20.5. The molecular formula is C23H16BrF3N4O3. The van der Waals surface area contributed by atoms with E-state index >= 15 is 0 Å². The molecule has 1 amide bonds. The van der Waals surface area contributed by atoms with Crippen molar-refractivity contribution in [2.45, 2.75) is 12.6 Å². The zero-order chi connectivity index (χ0) is 24.1. The van der Waals surface area contributed by atoms with Gasteiger partial charge in [-0.15, -0.1) is 0 Å². The molecule has 7 nitrogen and oxygen atoms in total. The van der Waals surface area contributed by atoms with Gasteiger partial charge in [0.05, 0.1) is 5.56 Å². The van der Waals surface area contributed by atoms with Gasteiger partial charge in [0, 0.05) is 34.5 Å². The molecule has 0 saturated carbocycles. The maximum atomic E-state index is 12.8. The van der Waals surface area contributed by atoms with Gasteiger partial charge in [0.25, 0.3) is 11.8 Å². The molecule has 0 aliphatic heterocycles. The molecule has 0 aliphatic carbocycles. The minimum atomic E-state index is -4.49. The number of nitrogens with zero attached hydrogens (tertiary/aromatic N) is 3. The van der Waals surface area contributed by atoms with Crippen LogP contribution in [0.5, 0.6) is 5.75 Å². The fraction of sp³-hybridized carbons (Fsp3) is 0.130. The van der Waals surface area contributed by atoms with E-state index in [4.69, 9.17) is 9.26 Å². The second kappa shape index (κ2) is 10.0. The van der Waals surface area contributed by atoms with E-state index < -0.39 is 17.6 Å². The van der Waals surface area contributed by atoms with Crippen LogP contribution in [-0.4, -0.2) is 27.6 Å². The van der Waals surface area contributed by atoms with Gasteiger partial charge in [-0.05, 0) is 70.0 Å². The number of carbonyl (C=O) groups is 1. The Labute approximate surface area is 200 Å². The average Bonchev–Trinajstić information content (AvgIpc) is 3.26. The first-order valence-electron chi connectivity index (χ1n) is 9.88. The van der Waals surface area contributed by atoms with Crippen molar-refractivity contribution in [1.29, 1.82) is 0 Å². The maximum absolute atomic E-state index is 12.8. The second-order valence-corrected chi connectivity index (χ2v) is 8.06. The first-order chi connectivity index (χ1) is 16.3. The Morgan fingerprint density at radius 2 is 1.88 bits per heavy atom. The molecule has 4 aromatic rings. The van der Waals surface area contributed by atoms with E-state index in [-0.39, 0.29) is 12.3 Å². The number of alkyl halides is 3. The lowest BCUT2D eigenvalue weighted by Crippen LogP contribution is -2.20. The molecule has 0 radical (unpaired) electrons. The quantitative estimate of drug-likeness (QED) is 0.337. The minimum Gasteiger partial charge on any atom is -0.484 e. The molecule has 34 heavy (non-hydrogen) atoms. The van der Waals surface area contributed by atoms with Gasteiger partial charge < -0.3 is 14.6 Å². The highest BCUT2D eigenvalue weighted by atomic mass is 79.9. The highest BCUT2D eigenvalue weighted by Crippen LogP contribution is 2.30. The standard InChI is InChI=1S/C23H16BrF3N4O3/c24-17-8-14(11-28-12-17)9-20-30-22(34-31-20)15-4-6-19(7-5-15)33-13-21(32)29-18-3-1-2-16(10-18)23(25,26)27/h1-8,10-12H,9,13H2,(H,29,32). The van der Waals surface area contributed by atoms with Crippen LogP contribution in [0.2, 0.25) is 0 Å². The number of anilines is 1. The zero-order valence-corrected chi connectivity index (χ0v) is 18.9. The Balaban J connectivity index is 1.32. The van der Waals surface area contributed by atoms with Crippen LogP contribution in [0.25, 0.3) is 11.5 Å². The van der Waals surface area contributed by atoms with Gasteiger partial charge in [0.15, 0.2) is 12.4 Å². The van der Waals surface area contributed by atoms with Gasteiger partial charge in [0.1, 0.15) is 5.75 Å². The van der Waals surface area contributed by atoms with Crippen LogP contribution in [0.15, 0.2) is 76.0 Å². The van der Waals surface area contributed by atoms with E-state index in [1.54, 1.807) is 36.7 Å². The number of hydrogen-bond donors (Lipinski definition) is 1. The van der Waals surface area contributed by atoms with Crippen molar-refractivity contribution in [2.75, 3.05) is 11.9 Å². The van der Waals surface area contributed by atoms with Crippen LogP contribution in [-0.2, 0) is 17.4 Å². The molecule has 0 unspecified atom stereocenters. The number of amides is 1. The first kappa shape index (κ1) is 23.4. The summed E-state index contributed by atoms with van der Waals surface area (Å²) >= 11 is 3.37. The fourth-order valence-corrected chi connectivity index (χ4v) is 3.40. The van der Waals surface area contributed by atoms with Crippen molar-refractivity contribution in [3.8, 4) is 17.2 Å². The van der Waals surface area contributed by atoms with Crippen LogP contribution in [0.1, 0.15) is 17.0 Å². The van der Waals surface area contributed by atoms with Crippen molar-refractivity contribution >= 4 is 27.5 Å². The van der Waals surface area contributed by atoms with Crippen LogP contribution in [0, 0.1) is 0 Å². The summed E-state index contributed by atoms with van der Waals surface area (Å²) < 4.78 is 49.9. The number of pyridine rings is 1. The topological polar surface area (TPSA) is 90.1 Å². The lowest BCUT2D eigenvalue weighted by atomic mass is 10.2. The Morgan fingerprint density at radius 3 is 2.62 bits per heavy atom. The lowest BCUT2D eigenvalue weighted by Gasteiger charge is -2.10. The lowest BCUT2D eigenvalue weighted by molar-refractivity contribution is -0.137. The summed E-state index contributed by atoms with van der Waals surface area (Å²) in [5, 5.41) is 6.36. The van der Waals surface area contributed by atoms with E-state index in [2.05, 4.69) is 36.4 Å². The second-order valence-electron chi connectivity index (χ2n) is 7.14. The molecule has 1 N–H and O–H groups in total. The van der Waals surface area contributed by atoms with Gasteiger partial charge >= 0.3 is 6.18 Å². The Bertz CT molecular complexity index is 1290. The zero-order valence-electron chi connectivity index (χ0n) is 17.3. The summed E-state index contributed by atoms with van der Waals surface area (Å²) in [6.45, 7) is -0.374. The smallest absolute Gasteiger partial charge is 0.416 e. The van der Waals surface area contributed by atoms with Crippen LogP contribution >= 0.6 is 15.9 Å². The minimum absolute atomic E-state index is 0.0320. The van der Waals surface area contributed by atoms with E-state index in [9.17, 15) is 18.0 Å². The maximum Gasteiger partial charge on any atom is 0.416 e. The van der Waals surface area contributed by atoms with Crippen molar-refractivity contribution < 1.29 is 27.2 Å². The third-order valence-electron chi connectivity index (χ3n) is 4.54. The molecule has 0 spiro atoms. The molecule has 2 aromatic carbocycles. The number of nitrogens with one attached hydrogen (secondary N) is 1. The Hall–Kier alpha value is -3.73. The van der Waals surface area contributed by atoms with Gasteiger partial charge in [-0.25, -0.2) is 0 Å².